The molecule has 1 aromatic carbocycles. The molecule has 0 aromatic heterocycles. The molecule has 7 heteroatoms. The predicted molar refractivity (Wildman–Crippen MR) is 80.0 cm³/mol. The van der Waals surface area contributed by atoms with Crippen molar-refractivity contribution in [1.82, 2.24) is 9.80 Å². The van der Waals surface area contributed by atoms with Crippen molar-refractivity contribution in [3.63, 3.8) is 0 Å². The third kappa shape index (κ3) is 4.94. The number of hydrogen-bond acceptors (Lipinski definition) is 3. The average Bonchev–Trinajstić information content (AvgIpc) is 2.71. The number of alkyl halides is 3. The Morgan fingerprint density at radius 1 is 1.17 bits per heavy atom. The van der Waals surface area contributed by atoms with Gasteiger partial charge in [0, 0.05) is 26.2 Å². The fraction of sp³-hybridized carbons (Fsp3) is 0.562. The summed E-state index contributed by atoms with van der Waals surface area (Å²) in [6.07, 6.45) is -3.47. The molecule has 1 aliphatic rings. The van der Waals surface area contributed by atoms with Gasteiger partial charge in [0.1, 0.15) is 6.04 Å². The first-order valence-electron chi connectivity index (χ1n) is 7.62. The Labute approximate surface area is 133 Å². The molecule has 1 saturated heterocycles. The lowest BCUT2D eigenvalue weighted by atomic mass is 10.1. The van der Waals surface area contributed by atoms with Crippen molar-refractivity contribution in [3.05, 3.63) is 35.4 Å². The highest BCUT2D eigenvalue weighted by atomic mass is 19.4. The standard InChI is InChI=1S/C16H21F3N2O2/c1-12(15(22)23)21-8-2-7-20(9-10-21)11-13-3-5-14(6-4-13)16(17,18)19/h3-6,12H,2,7-11H2,1H3,(H,22,23)/t12-/m0/s1. The van der Waals surface area contributed by atoms with Gasteiger partial charge in [-0.05, 0) is 37.6 Å². The minimum absolute atomic E-state index is 0.513. The van der Waals surface area contributed by atoms with Crippen LogP contribution in [0, 0.1) is 0 Å². The molecule has 0 radical (unpaired) electrons. The van der Waals surface area contributed by atoms with E-state index in [1.54, 1.807) is 6.92 Å². The zero-order valence-corrected chi connectivity index (χ0v) is 13.0. The lowest BCUT2D eigenvalue weighted by Crippen LogP contribution is -2.41. The minimum atomic E-state index is -4.31. The van der Waals surface area contributed by atoms with Crippen LogP contribution in [0.1, 0.15) is 24.5 Å². The van der Waals surface area contributed by atoms with E-state index >= 15 is 0 Å². The molecule has 0 unspecified atom stereocenters. The van der Waals surface area contributed by atoms with Gasteiger partial charge in [-0.15, -0.1) is 0 Å². The highest BCUT2D eigenvalue weighted by Crippen LogP contribution is 2.29. The molecule has 0 aliphatic carbocycles. The molecule has 0 amide bonds. The van der Waals surface area contributed by atoms with Crippen molar-refractivity contribution >= 4 is 5.97 Å². The number of aliphatic carboxylic acids is 1. The molecule has 0 bridgehead atoms. The van der Waals surface area contributed by atoms with Crippen molar-refractivity contribution in [1.29, 1.82) is 0 Å². The van der Waals surface area contributed by atoms with Crippen molar-refractivity contribution in [2.75, 3.05) is 26.2 Å². The zero-order valence-electron chi connectivity index (χ0n) is 13.0. The van der Waals surface area contributed by atoms with Gasteiger partial charge in [0.15, 0.2) is 0 Å². The summed E-state index contributed by atoms with van der Waals surface area (Å²) in [5.41, 5.74) is 0.191. The van der Waals surface area contributed by atoms with Crippen LogP contribution in [-0.4, -0.2) is 53.1 Å². The Morgan fingerprint density at radius 3 is 2.39 bits per heavy atom. The molecule has 1 aliphatic heterocycles. The molecule has 1 fully saturated rings. The number of carboxylic acid groups (broad SMARTS) is 1. The second kappa shape index (κ2) is 7.31. The van der Waals surface area contributed by atoms with E-state index < -0.39 is 23.8 Å². The number of hydrogen-bond donors (Lipinski definition) is 1. The SMILES string of the molecule is C[C@@H](C(=O)O)N1CCCN(Cc2ccc(C(F)(F)F)cc2)CC1. The van der Waals surface area contributed by atoms with Gasteiger partial charge in [-0.1, -0.05) is 12.1 Å². The lowest BCUT2D eigenvalue weighted by molar-refractivity contribution is -0.142. The maximum atomic E-state index is 12.6. The van der Waals surface area contributed by atoms with Crippen LogP contribution >= 0.6 is 0 Å². The van der Waals surface area contributed by atoms with E-state index in [2.05, 4.69) is 4.90 Å². The maximum Gasteiger partial charge on any atom is 0.416 e. The van der Waals surface area contributed by atoms with Crippen molar-refractivity contribution < 1.29 is 23.1 Å². The molecule has 1 aromatic rings. The average molecular weight is 330 g/mol. The minimum Gasteiger partial charge on any atom is -0.480 e. The number of nitrogens with zero attached hydrogens (tertiary/aromatic N) is 2. The van der Waals surface area contributed by atoms with Gasteiger partial charge in [-0.3, -0.25) is 14.6 Å². The van der Waals surface area contributed by atoms with Crippen LogP contribution in [0.15, 0.2) is 24.3 Å². The van der Waals surface area contributed by atoms with Gasteiger partial charge >= 0.3 is 12.1 Å². The van der Waals surface area contributed by atoms with Crippen molar-refractivity contribution in [2.24, 2.45) is 0 Å². The summed E-state index contributed by atoms with van der Waals surface area (Å²) in [6, 6.07) is 4.70. The normalized spacial score (nSPS) is 19.3. The van der Waals surface area contributed by atoms with Gasteiger partial charge in [-0.25, -0.2) is 0 Å². The third-order valence-corrected chi connectivity index (χ3v) is 4.22. The summed E-state index contributed by atoms with van der Waals surface area (Å²) in [7, 11) is 0. The highest BCUT2D eigenvalue weighted by Gasteiger charge is 2.30. The topological polar surface area (TPSA) is 43.8 Å². The molecular weight excluding hydrogens is 309 g/mol. The highest BCUT2D eigenvalue weighted by molar-refractivity contribution is 5.72. The van der Waals surface area contributed by atoms with E-state index in [9.17, 15) is 18.0 Å². The lowest BCUT2D eigenvalue weighted by Gasteiger charge is -2.24. The molecule has 23 heavy (non-hydrogen) atoms. The maximum absolute atomic E-state index is 12.6. The molecule has 1 atom stereocenters. The fourth-order valence-electron chi connectivity index (χ4n) is 2.75. The van der Waals surface area contributed by atoms with E-state index in [0.717, 1.165) is 37.2 Å². The Bertz CT molecular complexity index is 531. The van der Waals surface area contributed by atoms with E-state index in [1.165, 1.54) is 12.1 Å². The van der Waals surface area contributed by atoms with Crippen LogP contribution < -0.4 is 0 Å². The monoisotopic (exact) mass is 330 g/mol. The second-order valence-corrected chi connectivity index (χ2v) is 5.87. The molecule has 0 saturated carbocycles. The first kappa shape index (κ1) is 17.7. The van der Waals surface area contributed by atoms with Crippen molar-refractivity contribution in [2.45, 2.75) is 32.1 Å². The van der Waals surface area contributed by atoms with E-state index in [4.69, 9.17) is 5.11 Å². The fourth-order valence-corrected chi connectivity index (χ4v) is 2.75. The molecule has 128 valence electrons. The Kier molecular flexibility index (Phi) is 5.64. The van der Waals surface area contributed by atoms with Crippen LogP contribution in [0.5, 0.6) is 0 Å². The first-order chi connectivity index (χ1) is 10.8. The van der Waals surface area contributed by atoms with E-state index in [1.807, 2.05) is 4.90 Å². The van der Waals surface area contributed by atoms with Crippen molar-refractivity contribution in [3.8, 4) is 0 Å². The van der Waals surface area contributed by atoms with Gasteiger partial charge in [-0.2, -0.15) is 13.2 Å². The molecule has 4 nitrogen and oxygen atoms in total. The summed E-state index contributed by atoms with van der Waals surface area (Å²) in [5, 5.41) is 9.07. The van der Waals surface area contributed by atoms with Crippen LogP contribution in [0.25, 0.3) is 0 Å². The second-order valence-electron chi connectivity index (χ2n) is 5.87. The third-order valence-electron chi connectivity index (χ3n) is 4.22. The molecular formula is C16H21F3N2O2. The molecule has 1 N–H and O–H groups in total. The molecule has 0 spiro atoms. The Morgan fingerprint density at radius 2 is 1.83 bits per heavy atom. The number of halogens is 3. The number of benzene rings is 1. The number of rotatable bonds is 4. The number of carbonyl (C=O) groups is 1. The summed E-state index contributed by atoms with van der Waals surface area (Å²) in [4.78, 5) is 15.1. The number of carboxylic acids is 1. The predicted octanol–water partition coefficient (Wildman–Crippen LogP) is 2.69. The van der Waals surface area contributed by atoms with Crippen LogP contribution in [0.3, 0.4) is 0 Å². The Hall–Kier alpha value is -1.60. The molecule has 2 rings (SSSR count). The summed E-state index contributed by atoms with van der Waals surface area (Å²) in [6.45, 7) is 5.13. The summed E-state index contributed by atoms with van der Waals surface area (Å²) < 4.78 is 37.7. The van der Waals surface area contributed by atoms with E-state index in [-0.39, 0.29) is 0 Å². The van der Waals surface area contributed by atoms with Gasteiger partial charge in [0.05, 0.1) is 5.56 Å². The van der Waals surface area contributed by atoms with Gasteiger partial charge in [0.2, 0.25) is 0 Å². The van der Waals surface area contributed by atoms with Gasteiger partial charge < -0.3 is 5.11 Å². The smallest absolute Gasteiger partial charge is 0.416 e. The van der Waals surface area contributed by atoms with Crippen LogP contribution in [0.4, 0.5) is 13.2 Å². The molecule has 1 heterocycles. The van der Waals surface area contributed by atoms with Crippen LogP contribution in [0.2, 0.25) is 0 Å². The van der Waals surface area contributed by atoms with Crippen LogP contribution in [-0.2, 0) is 17.5 Å². The van der Waals surface area contributed by atoms with E-state index in [0.29, 0.717) is 19.6 Å². The largest absolute Gasteiger partial charge is 0.480 e. The van der Waals surface area contributed by atoms with Gasteiger partial charge in [0.25, 0.3) is 0 Å². The zero-order chi connectivity index (χ0) is 17.0. The summed E-state index contributed by atoms with van der Waals surface area (Å²) >= 11 is 0. The quantitative estimate of drug-likeness (QED) is 0.922. The summed E-state index contributed by atoms with van der Waals surface area (Å²) in [5.74, 6) is -0.832. The Balaban J connectivity index is 1.92. The first-order valence-corrected chi connectivity index (χ1v) is 7.62.